The number of benzene rings is 2. The van der Waals surface area contributed by atoms with Crippen molar-refractivity contribution >= 4 is 17.3 Å². The number of aliphatic hydroxyl groups excluding tert-OH is 1. The van der Waals surface area contributed by atoms with E-state index in [4.69, 9.17) is 5.11 Å². The average Bonchev–Trinajstić information content (AvgIpc) is 2.52. The highest BCUT2D eigenvalue weighted by Gasteiger charge is 2.18. The molecule has 2 aromatic carbocycles. The van der Waals surface area contributed by atoms with E-state index in [2.05, 4.69) is 31.4 Å². The van der Waals surface area contributed by atoms with Gasteiger partial charge >= 0.3 is 0 Å². The molecule has 0 unspecified atom stereocenters. The summed E-state index contributed by atoms with van der Waals surface area (Å²) in [6.07, 6.45) is 0. The summed E-state index contributed by atoms with van der Waals surface area (Å²) in [6, 6.07) is 15.2. The molecule has 0 aromatic heterocycles. The zero-order valence-corrected chi connectivity index (χ0v) is 13.9. The normalized spacial score (nSPS) is 11.1. The number of carbonyl (C=O) groups excluding carboxylic acids is 1. The summed E-state index contributed by atoms with van der Waals surface area (Å²) in [5.41, 5.74) is 3.54. The molecule has 122 valence electrons. The van der Waals surface area contributed by atoms with E-state index in [-0.39, 0.29) is 24.5 Å². The molecule has 23 heavy (non-hydrogen) atoms. The van der Waals surface area contributed by atoms with Crippen LogP contribution in [-0.2, 0) is 16.8 Å². The fraction of sp³-hybridized carbons (Fsp3) is 0.316. The third kappa shape index (κ3) is 4.83. The van der Waals surface area contributed by atoms with Gasteiger partial charge in [0.1, 0.15) is 0 Å². The van der Waals surface area contributed by atoms with Crippen molar-refractivity contribution in [2.75, 3.05) is 17.2 Å². The molecule has 0 heterocycles. The van der Waals surface area contributed by atoms with Gasteiger partial charge in [0.05, 0.1) is 13.2 Å². The molecule has 0 radical (unpaired) electrons. The summed E-state index contributed by atoms with van der Waals surface area (Å²) in [7, 11) is 0. The topological polar surface area (TPSA) is 61.4 Å². The first-order valence-electron chi connectivity index (χ1n) is 7.73. The first-order chi connectivity index (χ1) is 10.9. The van der Waals surface area contributed by atoms with Gasteiger partial charge in [-0.2, -0.15) is 0 Å². The van der Waals surface area contributed by atoms with E-state index < -0.39 is 0 Å². The van der Waals surface area contributed by atoms with E-state index in [0.29, 0.717) is 0 Å². The van der Waals surface area contributed by atoms with Gasteiger partial charge in [0.25, 0.3) is 0 Å². The summed E-state index contributed by atoms with van der Waals surface area (Å²) in [6.45, 7) is 6.53. The molecule has 0 spiro atoms. The Morgan fingerprint density at radius 1 is 1.09 bits per heavy atom. The molecule has 2 aromatic rings. The van der Waals surface area contributed by atoms with Crippen LogP contribution >= 0.6 is 0 Å². The molecule has 2 rings (SSSR count). The highest BCUT2D eigenvalue weighted by Crippen LogP contribution is 2.29. The fourth-order valence-corrected chi connectivity index (χ4v) is 2.40. The van der Waals surface area contributed by atoms with Crippen LogP contribution in [-0.4, -0.2) is 17.6 Å². The van der Waals surface area contributed by atoms with E-state index in [1.807, 2.05) is 48.5 Å². The number of hydrogen-bond donors (Lipinski definition) is 3. The smallest absolute Gasteiger partial charge is 0.243 e. The first-order valence-corrected chi connectivity index (χ1v) is 7.73. The van der Waals surface area contributed by atoms with Crippen molar-refractivity contribution in [2.45, 2.75) is 32.8 Å². The molecule has 0 fully saturated rings. The Balaban J connectivity index is 2.00. The lowest BCUT2D eigenvalue weighted by molar-refractivity contribution is -0.114. The van der Waals surface area contributed by atoms with Crippen molar-refractivity contribution in [1.29, 1.82) is 0 Å². The van der Waals surface area contributed by atoms with Crippen LogP contribution in [0.1, 0.15) is 31.9 Å². The minimum Gasteiger partial charge on any atom is -0.392 e. The van der Waals surface area contributed by atoms with Crippen LogP contribution in [0.3, 0.4) is 0 Å². The number of aliphatic hydroxyl groups is 1. The maximum Gasteiger partial charge on any atom is 0.243 e. The molecule has 0 aliphatic heterocycles. The Bertz CT molecular complexity index is 675. The second-order valence-electron chi connectivity index (χ2n) is 6.56. The molecule has 0 saturated heterocycles. The Morgan fingerprint density at radius 2 is 1.83 bits per heavy atom. The molecule has 0 saturated carbocycles. The molecule has 0 aliphatic carbocycles. The standard InChI is InChI=1S/C19H24N2O2/c1-19(2,3)16-9-4-5-10-17(16)21-18(23)12-20-15-8-6-7-14(11-15)13-22/h4-11,20,22H,12-13H2,1-3H3,(H,21,23). The largest absolute Gasteiger partial charge is 0.392 e. The van der Waals surface area contributed by atoms with E-state index in [0.717, 1.165) is 22.5 Å². The van der Waals surface area contributed by atoms with Crippen molar-refractivity contribution in [3.8, 4) is 0 Å². The van der Waals surface area contributed by atoms with Gasteiger partial charge in [-0.25, -0.2) is 0 Å². The van der Waals surface area contributed by atoms with Crippen LogP contribution in [0, 0.1) is 0 Å². The monoisotopic (exact) mass is 312 g/mol. The predicted octanol–water partition coefficient (Wildman–Crippen LogP) is 3.53. The number of amides is 1. The van der Waals surface area contributed by atoms with Crippen molar-refractivity contribution in [3.63, 3.8) is 0 Å². The lowest BCUT2D eigenvalue weighted by Crippen LogP contribution is -2.24. The van der Waals surface area contributed by atoms with E-state index in [1.165, 1.54) is 0 Å². The van der Waals surface area contributed by atoms with Gasteiger partial charge in [-0.05, 0) is 34.7 Å². The van der Waals surface area contributed by atoms with E-state index in [1.54, 1.807) is 0 Å². The van der Waals surface area contributed by atoms with E-state index >= 15 is 0 Å². The number of anilines is 2. The first kappa shape index (κ1) is 17.0. The molecular weight excluding hydrogens is 288 g/mol. The van der Waals surface area contributed by atoms with Crippen molar-refractivity contribution < 1.29 is 9.90 Å². The van der Waals surface area contributed by atoms with Crippen LogP contribution in [0.4, 0.5) is 11.4 Å². The highest BCUT2D eigenvalue weighted by molar-refractivity contribution is 5.94. The Morgan fingerprint density at radius 3 is 2.52 bits per heavy atom. The van der Waals surface area contributed by atoms with Gasteiger partial charge < -0.3 is 15.7 Å². The molecule has 4 heteroatoms. The second kappa shape index (κ2) is 7.29. The van der Waals surface area contributed by atoms with Crippen molar-refractivity contribution in [1.82, 2.24) is 0 Å². The third-order valence-electron chi connectivity index (χ3n) is 3.57. The quantitative estimate of drug-likeness (QED) is 0.791. The molecule has 3 N–H and O–H groups in total. The summed E-state index contributed by atoms with van der Waals surface area (Å²) in [5, 5.41) is 15.2. The molecule has 4 nitrogen and oxygen atoms in total. The maximum absolute atomic E-state index is 12.2. The zero-order chi connectivity index (χ0) is 16.9. The summed E-state index contributed by atoms with van der Waals surface area (Å²) < 4.78 is 0. The lowest BCUT2D eigenvalue weighted by Gasteiger charge is -2.23. The van der Waals surface area contributed by atoms with Crippen LogP contribution < -0.4 is 10.6 Å². The maximum atomic E-state index is 12.2. The molecule has 1 amide bonds. The van der Waals surface area contributed by atoms with Gasteiger partial charge in [-0.15, -0.1) is 0 Å². The minimum atomic E-state index is -0.101. The van der Waals surface area contributed by atoms with Gasteiger partial charge in [0, 0.05) is 11.4 Å². The summed E-state index contributed by atoms with van der Waals surface area (Å²) in [4.78, 5) is 12.2. The highest BCUT2D eigenvalue weighted by atomic mass is 16.3. The number of carbonyl (C=O) groups is 1. The minimum absolute atomic E-state index is 0.0132. The average molecular weight is 312 g/mol. The zero-order valence-electron chi connectivity index (χ0n) is 13.9. The fourth-order valence-electron chi connectivity index (χ4n) is 2.40. The second-order valence-corrected chi connectivity index (χ2v) is 6.56. The van der Waals surface area contributed by atoms with Crippen LogP contribution in [0.15, 0.2) is 48.5 Å². The van der Waals surface area contributed by atoms with Gasteiger partial charge in [-0.3, -0.25) is 4.79 Å². The van der Waals surface area contributed by atoms with E-state index in [9.17, 15) is 4.79 Å². The van der Waals surface area contributed by atoms with Crippen LogP contribution in [0.5, 0.6) is 0 Å². The van der Waals surface area contributed by atoms with Gasteiger partial charge in [0.2, 0.25) is 5.91 Å². The van der Waals surface area contributed by atoms with Crippen molar-refractivity contribution in [2.24, 2.45) is 0 Å². The Hall–Kier alpha value is -2.33. The molecular formula is C19H24N2O2. The lowest BCUT2D eigenvalue weighted by atomic mass is 9.86. The van der Waals surface area contributed by atoms with Gasteiger partial charge in [0.15, 0.2) is 0 Å². The molecule has 0 atom stereocenters. The predicted molar refractivity (Wildman–Crippen MR) is 94.6 cm³/mol. The van der Waals surface area contributed by atoms with Crippen LogP contribution in [0.25, 0.3) is 0 Å². The van der Waals surface area contributed by atoms with Gasteiger partial charge in [-0.1, -0.05) is 51.1 Å². The summed E-state index contributed by atoms with van der Waals surface area (Å²) in [5.74, 6) is -0.101. The Labute approximate surface area is 137 Å². The SMILES string of the molecule is CC(C)(C)c1ccccc1NC(=O)CNc1cccc(CO)c1. The molecule has 0 aliphatic rings. The summed E-state index contributed by atoms with van der Waals surface area (Å²) >= 11 is 0. The third-order valence-corrected chi connectivity index (χ3v) is 3.57. The van der Waals surface area contributed by atoms with Crippen molar-refractivity contribution in [3.05, 3.63) is 59.7 Å². The number of rotatable bonds is 5. The number of nitrogens with one attached hydrogen (secondary N) is 2. The Kier molecular flexibility index (Phi) is 5.40. The van der Waals surface area contributed by atoms with Crippen LogP contribution in [0.2, 0.25) is 0 Å². The molecule has 0 bridgehead atoms. The number of para-hydroxylation sites is 1. The number of hydrogen-bond acceptors (Lipinski definition) is 3.